The molecule has 29 heavy (non-hydrogen) atoms. The fourth-order valence-corrected chi connectivity index (χ4v) is 3.25. The van der Waals surface area contributed by atoms with Crippen LogP contribution in [0.15, 0.2) is 54.6 Å². The summed E-state index contributed by atoms with van der Waals surface area (Å²) in [6.45, 7) is 4.17. The van der Waals surface area contributed by atoms with Gasteiger partial charge in [-0.1, -0.05) is 56.3 Å². The molecule has 0 bridgehead atoms. The second-order valence-corrected chi connectivity index (χ2v) is 8.01. The molecule has 6 nitrogen and oxygen atoms in total. The van der Waals surface area contributed by atoms with Gasteiger partial charge in [0.25, 0.3) is 0 Å². The molecule has 0 aliphatic heterocycles. The Balaban J connectivity index is 1.55. The number of ether oxygens (including phenoxy) is 1. The highest BCUT2D eigenvalue weighted by molar-refractivity contribution is 5.96. The number of nitrogens with one attached hydrogen (secondary N) is 2. The molecule has 0 radical (unpaired) electrons. The average Bonchev–Trinajstić information content (AvgIpc) is 3.43. The van der Waals surface area contributed by atoms with E-state index in [9.17, 15) is 9.59 Å². The zero-order valence-electron chi connectivity index (χ0n) is 16.9. The number of nitrogens with two attached hydrogens (primary N) is 1. The van der Waals surface area contributed by atoms with Crippen molar-refractivity contribution in [2.45, 2.75) is 51.3 Å². The Kier molecular flexibility index (Phi) is 6.88. The number of rotatable bonds is 8. The van der Waals surface area contributed by atoms with Crippen LogP contribution < -0.4 is 16.4 Å². The number of carbonyl (C=O) groups is 2. The van der Waals surface area contributed by atoms with Gasteiger partial charge >= 0.3 is 6.09 Å². The van der Waals surface area contributed by atoms with Crippen LogP contribution in [0.4, 0.5) is 10.5 Å². The van der Waals surface area contributed by atoms with E-state index in [0.29, 0.717) is 18.0 Å². The summed E-state index contributed by atoms with van der Waals surface area (Å²) >= 11 is 0. The highest BCUT2D eigenvalue weighted by atomic mass is 16.5. The van der Waals surface area contributed by atoms with Crippen molar-refractivity contribution in [1.82, 2.24) is 5.32 Å². The van der Waals surface area contributed by atoms with E-state index in [2.05, 4.69) is 10.6 Å². The van der Waals surface area contributed by atoms with Crippen LogP contribution in [0.2, 0.25) is 0 Å². The van der Waals surface area contributed by atoms with Crippen molar-refractivity contribution < 1.29 is 14.3 Å². The van der Waals surface area contributed by atoms with Gasteiger partial charge in [0.15, 0.2) is 0 Å². The lowest BCUT2D eigenvalue weighted by Crippen LogP contribution is -2.44. The smallest absolute Gasteiger partial charge is 0.408 e. The standard InChI is InChI=1S/C23H29N3O3/c1-15(2)12-21(26-23(28)29-14-16-6-4-3-5-7-16)22(27)25-18-10-8-17(9-11-18)19-13-20(19)24/h3-11,15,19-21H,12-14,24H2,1-2H3,(H,25,27)(H,26,28)/t19-,20+,21?/m0/s1. The fraction of sp³-hybridized carbons (Fsp3) is 0.391. The van der Waals surface area contributed by atoms with Crippen molar-refractivity contribution in [3.8, 4) is 0 Å². The summed E-state index contributed by atoms with van der Waals surface area (Å²) in [4.78, 5) is 24.9. The van der Waals surface area contributed by atoms with Crippen molar-refractivity contribution >= 4 is 17.7 Å². The minimum atomic E-state index is -0.671. The molecule has 2 aromatic carbocycles. The van der Waals surface area contributed by atoms with Gasteiger partial charge in [-0.2, -0.15) is 0 Å². The molecule has 0 heterocycles. The summed E-state index contributed by atoms with van der Waals surface area (Å²) in [5, 5.41) is 5.58. The molecule has 154 valence electrons. The molecule has 1 fully saturated rings. The lowest BCUT2D eigenvalue weighted by atomic mass is 10.0. The summed E-state index contributed by atoms with van der Waals surface area (Å²) in [6.07, 6.45) is 0.922. The molecule has 2 aromatic rings. The lowest BCUT2D eigenvalue weighted by molar-refractivity contribution is -0.118. The Hall–Kier alpha value is -2.86. The first-order valence-corrected chi connectivity index (χ1v) is 10.1. The van der Waals surface area contributed by atoms with Crippen molar-refractivity contribution in [3.05, 3.63) is 65.7 Å². The second kappa shape index (κ2) is 9.56. The topological polar surface area (TPSA) is 93.4 Å². The average molecular weight is 396 g/mol. The van der Waals surface area contributed by atoms with Crippen LogP contribution in [-0.4, -0.2) is 24.1 Å². The van der Waals surface area contributed by atoms with Gasteiger partial charge in [-0.15, -0.1) is 0 Å². The Morgan fingerprint density at radius 1 is 1.10 bits per heavy atom. The predicted molar refractivity (Wildman–Crippen MR) is 113 cm³/mol. The number of hydrogen-bond donors (Lipinski definition) is 3. The van der Waals surface area contributed by atoms with E-state index in [0.717, 1.165) is 12.0 Å². The van der Waals surface area contributed by atoms with Gasteiger partial charge in [0, 0.05) is 17.6 Å². The molecule has 3 atom stereocenters. The first-order valence-electron chi connectivity index (χ1n) is 10.1. The lowest BCUT2D eigenvalue weighted by Gasteiger charge is -2.20. The number of anilines is 1. The maximum absolute atomic E-state index is 12.7. The molecule has 3 rings (SSSR count). The fourth-order valence-electron chi connectivity index (χ4n) is 3.25. The van der Waals surface area contributed by atoms with Crippen molar-refractivity contribution in [1.29, 1.82) is 0 Å². The van der Waals surface area contributed by atoms with Gasteiger partial charge < -0.3 is 21.1 Å². The molecule has 4 N–H and O–H groups in total. The van der Waals surface area contributed by atoms with Crippen LogP contribution in [0, 0.1) is 5.92 Å². The maximum Gasteiger partial charge on any atom is 0.408 e. The van der Waals surface area contributed by atoms with E-state index in [1.54, 1.807) is 0 Å². The van der Waals surface area contributed by atoms with Crippen LogP contribution >= 0.6 is 0 Å². The summed E-state index contributed by atoms with van der Waals surface area (Å²) in [5.41, 5.74) is 8.67. The van der Waals surface area contributed by atoms with Crippen LogP contribution in [0.25, 0.3) is 0 Å². The molecule has 0 spiro atoms. The minimum absolute atomic E-state index is 0.160. The van der Waals surface area contributed by atoms with E-state index in [-0.39, 0.29) is 24.5 Å². The number of hydrogen-bond acceptors (Lipinski definition) is 4. The van der Waals surface area contributed by atoms with Crippen molar-refractivity contribution in [3.63, 3.8) is 0 Å². The molecule has 1 aliphatic carbocycles. The van der Waals surface area contributed by atoms with E-state index < -0.39 is 12.1 Å². The van der Waals surface area contributed by atoms with Gasteiger partial charge in [-0.05, 0) is 42.0 Å². The Morgan fingerprint density at radius 2 is 1.76 bits per heavy atom. The van der Waals surface area contributed by atoms with Gasteiger partial charge in [0.05, 0.1) is 0 Å². The van der Waals surface area contributed by atoms with Crippen molar-refractivity contribution in [2.75, 3.05) is 5.32 Å². The van der Waals surface area contributed by atoms with Gasteiger partial charge in [0.2, 0.25) is 5.91 Å². The molecule has 1 aliphatic rings. The summed E-state index contributed by atoms with van der Waals surface area (Å²) in [5.74, 6) is 0.402. The SMILES string of the molecule is CC(C)CC(NC(=O)OCc1ccccc1)C(=O)Nc1ccc([C@@H]2C[C@H]2N)cc1. The third-order valence-corrected chi connectivity index (χ3v) is 4.97. The quantitative estimate of drug-likeness (QED) is 0.634. The Morgan fingerprint density at radius 3 is 2.34 bits per heavy atom. The highest BCUT2D eigenvalue weighted by Crippen LogP contribution is 2.39. The monoisotopic (exact) mass is 395 g/mol. The van der Waals surface area contributed by atoms with Crippen molar-refractivity contribution in [2.24, 2.45) is 11.7 Å². The van der Waals surface area contributed by atoms with Crippen LogP contribution in [0.5, 0.6) is 0 Å². The predicted octanol–water partition coefficient (Wildman–Crippen LogP) is 3.78. The highest BCUT2D eigenvalue weighted by Gasteiger charge is 2.34. The second-order valence-electron chi connectivity index (χ2n) is 8.01. The first kappa shape index (κ1) is 20.9. The number of benzene rings is 2. The maximum atomic E-state index is 12.7. The summed E-state index contributed by atoms with van der Waals surface area (Å²) in [6, 6.07) is 16.7. The molecular weight excluding hydrogens is 366 g/mol. The van der Waals surface area contributed by atoms with Crippen LogP contribution in [0.3, 0.4) is 0 Å². The van der Waals surface area contributed by atoms with Crippen LogP contribution in [0.1, 0.15) is 43.7 Å². The molecular formula is C23H29N3O3. The van der Waals surface area contributed by atoms with Gasteiger partial charge in [-0.25, -0.2) is 4.79 Å². The number of amides is 2. The molecule has 1 unspecified atom stereocenters. The molecule has 0 saturated heterocycles. The van der Waals surface area contributed by atoms with E-state index >= 15 is 0 Å². The summed E-state index contributed by atoms with van der Waals surface area (Å²) in [7, 11) is 0. The zero-order valence-corrected chi connectivity index (χ0v) is 16.9. The van der Waals surface area contributed by atoms with E-state index in [1.165, 1.54) is 5.56 Å². The zero-order chi connectivity index (χ0) is 20.8. The number of carbonyl (C=O) groups excluding carboxylic acids is 2. The molecule has 2 amide bonds. The summed E-state index contributed by atoms with van der Waals surface area (Å²) < 4.78 is 5.26. The number of alkyl carbamates (subject to hydrolysis) is 1. The van der Waals surface area contributed by atoms with Gasteiger partial charge in [-0.3, -0.25) is 4.79 Å². The molecule has 0 aromatic heterocycles. The van der Waals surface area contributed by atoms with Gasteiger partial charge in [0.1, 0.15) is 12.6 Å². The van der Waals surface area contributed by atoms with E-state index in [4.69, 9.17) is 10.5 Å². The third kappa shape index (κ3) is 6.32. The van der Waals surface area contributed by atoms with E-state index in [1.807, 2.05) is 68.4 Å². The molecule has 6 heteroatoms. The first-order chi connectivity index (χ1) is 13.9. The Labute approximate surface area is 171 Å². The third-order valence-electron chi connectivity index (χ3n) is 4.97. The minimum Gasteiger partial charge on any atom is -0.445 e. The normalized spacial score (nSPS) is 18.8. The Bertz CT molecular complexity index is 821. The largest absolute Gasteiger partial charge is 0.445 e. The van der Waals surface area contributed by atoms with Crippen LogP contribution in [-0.2, 0) is 16.1 Å². The molecule has 1 saturated carbocycles.